The number of hydrogen-bond donors (Lipinski definition) is 1. The van der Waals surface area contributed by atoms with Crippen LogP contribution in [0.1, 0.15) is 31.9 Å². The standard InChI is InChI=1S/C16H22N2O3/c1-3-13-16(20)18(10-11-21-4-2)14(15(19)17-13)12-8-6-5-7-9-12/h5-9,13-14H,3-4,10-11H2,1-2H3,(H,17,19). The van der Waals surface area contributed by atoms with Crippen LogP contribution in [0.2, 0.25) is 0 Å². The fourth-order valence-corrected chi connectivity index (χ4v) is 2.57. The predicted octanol–water partition coefficient (Wildman–Crippen LogP) is 1.50. The van der Waals surface area contributed by atoms with Crippen LogP contribution < -0.4 is 5.32 Å². The van der Waals surface area contributed by atoms with Crippen molar-refractivity contribution in [2.45, 2.75) is 32.4 Å². The molecular weight excluding hydrogens is 268 g/mol. The first-order valence-electron chi connectivity index (χ1n) is 7.42. The molecule has 0 bridgehead atoms. The molecule has 2 amide bonds. The average Bonchev–Trinajstić information content (AvgIpc) is 2.51. The Bertz CT molecular complexity index is 490. The van der Waals surface area contributed by atoms with Gasteiger partial charge >= 0.3 is 0 Å². The van der Waals surface area contributed by atoms with Crippen LogP contribution in [0.3, 0.4) is 0 Å². The van der Waals surface area contributed by atoms with Crippen molar-refractivity contribution in [2.24, 2.45) is 0 Å². The highest BCUT2D eigenvalue weighted by Gasteiger charge is 2.40. The maximum absolute atomic E-state index is 12.5. The lowest BCUT2D eigenvalue weighted by molar-refractivity contribution is -0.150. The SMILES string of the molecule is CCOCCN1C(=O)C(CC)NC(=O)C1c1ccccc1. The van der Waals surface area contributed by atoms with Crippen LogP contribution in [0.4, 0.5) is 0 Å². The molecule has 0 radical (unpaired) electrons. The first-order chi connectivity index (χ1) is 10.2. The first-order valence-corrected chi connectivity index (χ1v) is 7.42. The van der Waals surface area contributed by atoms with Crippen molar-refractivity contribution < 1.29 is 14.3 Å². The van der Waals surface area contributed by atoms with E-state index in [9.17, 15) is 9.59 Å². The molecule has 1 aromatic carbocycles. The summed E-state index contributed by atoms with van der Waals surface area (Å²) in [5.74, 6) is -0.158. The van der Waals surface area contributed by atoms with Crippen molar-refractivity contribution in [1.29, 1.82) is 0 Å². The van der Waals surface area contributed by atoms with E-state index in [1.54, 1.807) is 4.90 Å². The zero-order valence-corrected chi connectivity index (χ0v) is 12.5. The van der Waals surface area contributed by atoms with E-state index in [1.165, 1.54) is 0 Å². The maximum Gasteiger partial charge on any atom is 0.248 e. The van der Waals surface area contributed by atoms with Gasteiger partial charge in [-0.1, -0.05) is 37.3 Å². The zero-order valence-electron chi connectivity index (χ0n) is 12.5. The van der Waals surface area contributed by atoms with Crippen molar-refractivity contribution in [1.82, 2.24) is 10.2 Å². The number of ether oxygens (including phenoxy) is 1. The van der Waals surface area contributed by atoms with Gasteiger partial charge in [-0.3, -0.25) is 9.59 Å². The van der Waals surface area contributed by atoms with E-state index in [-0.39, 0.29) is 11.8 Å². The highest BCUT2D eigenvalue weighted by Crippen LogP contribution is 2.25. The van der Waals surface area contributed by atoms with Crippen LogP contribution in [0, 0.1) is 0 Å². The van der Waals surface area contributed by atoms with E-state index in [4.69, 9.17) is 4.74 Å². The Kier molecular flexibility index (Phi) is 5.33. The fourth-order valence-electron chi connectivity index (χ4n) is 2.57. The molecule has 21 heavy (non-hydrogen) atoms. The van der Waals surface area contributed by atoms with Crippen LogP contribution in [0.25, 0.3) is 0 Å². The monoisotopic (exact) mass is 290 g/mol. The maximum atomic E-state index is 12.5. The number of piperazine rings is 1. The Morgan fingerprint density at radius 1 is 1.19 bits per heavy atom. The molecule has 1 heterocycles. The summed E-state index contributed by atoms with van der Waals surface area (Å²) in [7, 11) is 0. The van der Waals surface area contributed by atoms with E-state index >= 15 is 0 Å². The molecule has 1 N–H and O–H groups in total. The molecule has 0 spiro atoms. The van der Waals surface area contributed by atoms with Crippen LogP contribution in [0.5, 0.6) is 0 Å². The van der Waals surface area contributed by atoms with Gasteiger partial charge in [0.1, 0.15) is 12.1 Å². The Balaban J connectivity index is 2.25. The molecule has 1 aliphatic rings. The van der Waals surface area contributed by atoms with E-state index in [0.29, 0.717) is 26.2 Å². The van der Waals surface area contributed by atoms with Crippen molar-refractivity contribution in [3.05, 3.63) is 35.9 Å². The van der Waals surface area contributed by atoms with E-state index in [1.807, 2.05) is 44.2 Å². The van der Waals surface area contributed by atoms with Gasteiger partial charge in [-0.05, 0) is 18.9 Å². The van der Waals surface area contributed by atoms with Crippen LogP contribution in [-0.2, 0) is 14.3 Å². The van der Waals surface area contributed by atoms with Crippen molar-refractivity contribution in [2.75, 3.05) is 19.8 Å². The van der Waals surface area contributed by atoms with Gasteiger partial charge in [0.15, 0.2) is 0 Å². The molecule has 114 valence electrons. The summed E-state index contributed by atoms with van der Waals surface area (Å²) in [4.78, 5) is 26.6. The summed E-state index contributed by atoms with van der Waals surface area (Å²) in [5, 5.41) is 2.81. The second-order valence-corrected chi connectivity index (χ2v) is 5.01. The van der Waals surface area contributed by atoms with E-state index in [2.05, 4.69) is 5.32 Å². The molecule has 1 aromatic rings. The van der Waals surface area contributed by atoms with Crippen LogP contribution in [0.15, 0.2) is 30.3 Å². The molecule has 5 nitrogen and oxygen atoms in total. The second kappa shape index (κ2) is 7.22. The summed E-state index contributed by atoms with van der Waals surface area (Å²) >= 11 is 0. The minimum absolute atomic E-state index is 0.0364. The third kappa shape index (κ3) is 3.42. The van der Waals surface area contributed by atoms with Gasteiger partial charge < -0.3 is 15.0 Å². The molecular formula is C16H22N2O3. The number of benzene rings is 1. The number of carbonyl (C=O) groups is 2. The van der Waals surface area contributed by atoms with E-state index in [0.717, 1.165) is 5.56 Å². The molecule has 5 heteroatoms. The van der Waals surface area contributed by atoms with Gasteiger partial charge in [0.05, 0.1) is 6.61 Å². The first kappa shape index (κ1) is 15.5. The quantitative estimate of drug-likeness (QED) is 0.808. The minimum atomic E-state index is -0.568. The molecule has 2 rings (SSSR count). The summed E-state index contributed by atoms with van der Waals surface area (Å²) in [6.45, 7) is 5.27. The van der Waals surface area contributed by atoms with Gasteiger partial charge in [0, 0.05) is 13.2 Å². The Morgan fingerprint density at radius 2 is 1.90 bits per heavy atom. The third-order valence-corrected chi connectivity index (χ3v) is 3.66. The summed E-state index contributed by atoms with van der Waals surface area (Å²) in [5.41, 5.74) is 0.828. The lowest BCUT2D eigenvalue weighted by Gasteiger charge is -2.39. The molecule has 1 aliphatic heterocycles. The van der Waals surface area contributed by atoms with Crippen LogP contribution >= 0.6 is 0 Å². The normalized spacial score (nSPS) is 22.3. The summed E-state index contributed by atoms with van der Waals surface area (Å²) < 4.78 is 5.35. The van der Waals surface area contributed by atoms with Gasteiger partial charge in [-0.25, -0.2) is 0 Å². The summed E-state index contributed by atoms with van der Waals surface area (Å²) in [6, 6.07) is 8.39. The van der Waals surface area contributed by atoms with Crippen molar-refractivity contribution >= 4 is 11.8 Å². The minimum Gasteiger partial charge on any atom is -0.380 e. The number of carbonyl (C=O) groups excluding carboxylic acids is 2. The predicted molar refractivity (Wildman–Crippen MR) is 79.6 cm³/mol. The lowest BCUT2D eigenvalue weighted by atomic mass is 9.99. The summed E-state index contributed by atoms with van der Waals surface area (Å²) in [6.07, 6.45) is 0.594. The molecule has 1 saturated heterocycles. The molecule has 0 saturated carbocycles. The number of nitrogens with zero attached hydrogens (tertiary/aromatic N) is 1. The van der Waals surface area contributed by atoms with Crippen LogP contribution in [-0.4, -0.2) is 42.5 Å². The molecule has 1 fully saturated rings. The Morgan fingerprint density at radius 3 is 2.52 bits per heavy atom. The third-order valence-electron chi connectivity index (χ3n) is 3.66. The van der Waals surface area contributed by atoms with Crippen molar-refractivity contribution in [3.8, 4) is 0 Å². The zero-order chi connectivity index (χ0) is 15.2. The largest absolute Gasteiger partial charge is 0.380 e. The van der Waals surface area contributed by atoms with Gasteiger partial charge in [0.2, 0.25) is 11.8 Å². The lowest BCUT2D eigenvalue weighted by Crippen LogP contribution is -2.59. The van der Waals surface area contributed by atoms with Gasteiger partial charge in [-0.2, -0.15) is 0 Å². The van der Waals surface area contributed by atoms with Crippen molar-refractivity contribution in [3.63, 3.8) is 0 Å². The van der Waals surface area contributed by atoms with E-state index < -0.39 is 12.1 Å². The smallest absolute Gasteiger partial charge is 0.248 e. The number of nitrogens with one attached hydrogen (secondary N) is 1. The Hall–Kier alpha value is -1.88. The van der Waals surface area contributed by atoms with Gasteiger partial charge in [-0.15, -0.1) is 0 Å². The molecule has 2 atom stereocenters. The van der Waals surface area contributed by atoms with Gasteiger partial charge in [0.25, 0.3) is 0 Å². The molecule has 2 unspecified atom stereocenters. The molecule has 0 aromatic heterocycles. The average molecular weight is 290 g/mol. The number of rotatable bonds is 6. The second-order valence-electron chi connectivity index (χ2n) is 5.01. The number of amides is 2. The highest BCUT2D eigenvalue weighted by atomic mass is 16.5. The Labute approximate surface area is 125 Å². The fraction of sp³-hybridized carbons (Fsp3) is 0.500. The number of hydrogen-bond acceptors (Lipinski definition) is 3. The highest BCUT2D eigenvalue weighted by molar-refractivity contribution is 5.97. The molecule has 0 aliphatic carbocycles. The topological polar surface area (TPSA) is 58.6 Å².